The van der Waals surface area contributed by atoms with Gasteiger partial charge in [-0.3, -0.25) is 0 Å². The summed E-state index contributed by atoms with van der Waals surface area (Å²) in [4.78, 5) is 14.8. The van der Waals surface area contributed by atoms with Gasteiger partial charge in [0.25, 0.3) is 0 Å². The molecule has 25 heavy (non-hydrogen) atoms. The SMILES string of the molecule is CCCC1(CNC(=O)N2CCC[C@H]2c2nnc3n2CCCCC3)CC1. The number of likely N-dealkylation sites (tertiary alicyclic amines) is 1. The molecule has 2 fully saturated rings. The second-order valence-electron chi connectivity index (χ2n) is 8.20. The molecule has 1 aromatic rings. The van der Waals surface area contributed by atoms with Gasteiger partial charge in [-0.2, -0.15) is 0 Å². The summed E-state index contributed by atoms with van der Waals surface area (Å²) in [6.07, 6.45) is 11.7. The van der Waals surface area contributed by atoms with E-state index in [2.05, 4.69) is 27.0 Å². The molecular formula is C19H31N5O. The van der Waals surface area contributed by atoms with Crippen LogP contribution in [0.3, 0.4) is 0 Å². The van der Waals surface area contributed by atoms with Crippen molar-refractivity contribution in [3.8, 4) is 0 Å². The van der Waals surface area contributed by atoms with Gasteiger partial charge >= 0.3 is 6.03 Å². The molecule has 1 saturated carbocycles. The van der Waals surface area contributed by atoms with E-state index in [1.807, 2.05) is 4.90 Å². The Morgan fingerprint density at radius 2 is 2.08 bits per heavy atom. The molecule has 2 amide bonds. The molecule has 2 aliphatic heterocycles. The molecule has 3 heterocycles. The van der Waals surface area contributed by atoms with Gasteiger partial charge in [0.1, 0.15) is 5.82 Å². The zero-order valence-electron chi connectivity index (χ0n) is 15.5. The number of carbonyl (C=O) groups excluding carboxylic acids is 1. The van der Waals surface area contributed by atoms with Crippen LogP contribution < -0.4 is 5.32 Å². The Balaban J connectivity index is 1.44. The number of aryl methyl sites for hydroxylation is 1. The number of hydrogen-bond acceptors (Lipinski definition) is 3. The number of nitrogens with one attached hydrogen (secondary N) is 1. The van der Waals surface area contributed by atoms with Crippen molar-refractivity contribution in [2.24, 2.45) is 5.41 Å². The number of nitrogens with zero attached hydrogens (tertiary/aromatic N) is 4. The molecule has 1 atom stereocenters. The fraction of sp³-hybridized carbons (Fsp3) is 0.842. The Morgan fingerprint density at radius 1 is 1.20 bits per heavy atom. The number of urea groups is 1. The Bertz CT molecular complexity index is 621. The molecule has 0 bridgehead atoms. The lowest BCUT2D eigenvalue weighted by Crippen LogP contribution is -2.42. The first-order valence-electron chi connectivity index (χ1n) is 10.2. The van der Waals surface area contributed by atoms with E-state index in [4.69, 9.17) is 0 Å². The molecule has 6 heteroatoms. The second-order valence-corrected chi connectivity index (χ2v) is 8.20. The molecular weight excluding hydrogens is 314 g/mol. The lowest BCUT2D eigenvalue weighted by molar-refractivity contribution is 0.186. The molecule has 3 aliphatic rings. The number of carbonyl (C=O) groups is 1. The average molecular weight is 345 g/mol. The average Bonchev–Trinajstić information content (AvgIpc) is 3.11. The Morgan fingerprint density at radius 3 is 2.88 bits per heavy atom. The van der Waals surface area contributed by atoms with E-state index in [0.29, 0.717) is 5.41 Å². The Labute approximate surface area is 150 Å². The van der Waals surface area contributed by atoms with Crippen molar-refractivity contribution in [2.45, 2.75) is 83.7 Å². The van der Waals surface area contributed by atoms with Gasteiger partial charge in [0.15, 0.2) is 5.82 Å². The highest BCUT2D eigenvalue weighted by Crippen LogP contribution is 2.49. The molecule has 0 aromatic carbocycles. The summed E-state index contributed by atoms with van der Waals surface area (Å²) >= 11 is 0. The minimum atomic E-state index is 0.0934. The van der Waals surface area contributed by atoms with E-state index in [-0.39, 0.29) is 12.1 Å². The third-order valence-corrected chi connectivity index (χ3v) is 6.30. The molecule has 0 radical (unpaired) electrons. The van der Waals surface area contributed by atoms with Crippen LogP contribution in [0.1, 0.15) is 82.4 Å². The quantitative estimate of drug-likeness (QED) is 0.889. The van der Waals surface area contributed by atoms with Crippen LogP contribution in [-0.4, -0.2) is 38.8 Å². The number of aromatic nitrogens is 3. The lowest BCUT2D eigenvalue weighted by atomic mass is 10.0. The summed E-state index contributed by atoms with van der Waals surface area (Å²) in [6.45, 7) is 4.90. The van der Waals surface area contributed by atoms with Crippen molar-refractivity contribution >= 4 is 6.03 Å². The van der Waals surface area contributed by atoms with Crippen molar-refractivity contribution < 1.29 is 4.79 Å². The highest BCUT2D eigenvalue weighted by atomic mass is 16.2. The third-order valence-electron chi connectivity index (χ3n) is 6.30. The van der Waals surface area contributed by atoms with E-state index in [1.165, 1.54) is 44.9 Å². The van der Waals surface area contributed by atoms with E-state index in [9.17, 15) is 4.79 Å². The molecule has 138 valence electrons. The Kier molecular flexibility index (Phi) is 4.69. The van der Waals surface area contributed by atoms with Gasteiger partial charge in [-0.1, -0.05) is 19.8 Å². The van der Waals surface area contributed by atoms with Gasteiger partial charge in [-0.15, -0.1) is 10.2 Å². The number of amides is 2. The van der Waals surface area contributed by atoms with Crippen molar-refractivity contribution in [1.29, 1.82) is 0 Å². The minimum absolute atomic E-state index is 0.0934. The fourth-order valence-corrected chi connectivity index (χ4v) is 4.62. The maximum absolute atomic E-state index is 12.8. The molecule has 1 aromatic heterocycles. The zero-order chi connectivity index (χ0) is 17.3. The molecule has 1 saturated heterocycles. The predicted octanol–water partition coefficient (Wildman–Crippen LogP) is 3.43. The molecule has 0 unspecified atom stereocenters. The smallest absolute Gasteiger partial charge is 0.318 e. The minimum Gasteiger partial charge on any atom is -0.337 e. The van der Waals surface area contributed by atoms with Crippen LogP contribution in [0.25, 0.3) is 0 Å². The summed E-state index contributed by atoms with van der Waals surface area (Å²) in [5.74, 6) is 2.12. The van der Waals surface area contributed by atoms with Crippen molar-refractivity contribution in [1.82, 2.24) is 25.0 Å². The van der Waals surface area contributed by atoms with Crippen molar-refractivity contribution in [3.05, 3.63) is 11.6 Å². The van der Waals surface area contributed by atoms with E-state index >= 15 is 0 Å². The molecule has 0 spiro atoms. The van der Waals surface area contributed by atoms with Gasteiger partial charge in [-0.25, -0.2) is 4.79 Å². The normalized spacial score (nSPS) is 24.7. The van der Waals surface area contributed by atoms with Gasteiger partial charge < -0.3 is 14.8 Å². The maximum atomic E-state index is 12.8. The van der Waals surface area contributed by atoms with Gasteiger partial charge in [0.05, 0.1) is 6.04 Å². The highest BCUT2D eigenvalue weighted by Gasteiger charge is 2.42. The fourth-order valence-electron chi connectivity index (χ4n) is 4.62. The monoisotopic (exact) mass is 345 g/mol. The lowest BCUT2D eigenvalue weighted by Gasteiger charge is -2.26. The van der Waals surface area contributed by atoms with E-state index in [0.717, 1.165) is 50.5 Å². The summed E-state index contributed by atoms with van der Waals surface area (Å²) in [5, 5.41) is 12.2. The maximum Gasteiger partial charge on any atom is 0.318 e. The van der Waals surface area contributed by atoms with Crippen LogP contribution in [-0.2, 0) is 13.0 Å². The van der Waals surface area contributed by atoms with Crippen LogP contribution in [0.4, 0.5) is 4.79 Å². The standard InChI is InChI=1S/C19H31N5O/c1-2-9-19(10-11-19)14-20-18(25)23-13-6-7-15(23)17-22-21-16-8-4-3-5-12-24(16)17/h15H,2-14H2,1H3,(H,20,25)/t15-/m0/s1. The molecule has 4 rings (SSSR count). The summed E-state index contributed by atoms with van der Waals surface area (Å²) < 4.78 is 2.29. The summed E-state index contributed by atoms with van der Waals surface area (Å²) in [5.41, 5.74) is 0.394. The van der Waals surface area contributed by atoms with Gasteiger partial charge in [-0.05, 0) is 50.4 Å². The number of rotatable bonds is 5. The highest BCUT2D eigenvalue weighted by molar-refractivity contribution is 5.75. The van der Waals surface area contributed by atoms with Crippen LogP contribution in [0, 0.1) is 5.41 Å². The Hall–Kier alpha value is -1.59. The van der Waals surface area contributed by atoms with Crippen molar-refractivity contribution in [2.75, 3.05) is 13.1 Å². The predicted molar refractivity (Wildman–Crippen MR) is 96.2 cm³/mol. The molecule has 6 nitrogen and oxygen atoms in total. The molecule has 1 N–H and O–H groups in total. The topological polar surface area (TPSA) is 63.1 Å². The van der Waals surface area contributed by atoms with Crippen molar-refractivity contribution in [3.63, 3.8) is 0 Å². The third kappa shape index (κ3) is 3.40. The first-order chi connectivity index (χ1) is 12.2. The van der Waals surface area contributed by atoms with Gasteiger partial charge in [0, 0.05) is 26.1 Å². The van der Waals surface area contributed by atoms with E-state index < -0.39 is 0 Å². The number of fused-ring (bicyclic) bond motifs is 1. The van der Waals surface area contributed by atoms with Crippen LogP contribution in [0.5, 0.6) is 0 Å². The van der Waals surface area contributed by atoms with Crippen LogP contribution >= 0.6 is 0 Å². The second kappa shape index (κ2) is 6.96. The summed E-state index contributed by atoms with van der Waals surface area (Å²) in [7, 11) is 0. The largest absolute Gasteiger partial charge is 0.337 e. The van der Waals surface area contributed by atoms with Crippen LogP contribution in [0.2, 0.25) is 0 Å². The zero-order valence-corrected chi connectivity index (χ0v) is 15.5. The first kappa shape index (κ1) is 16.9. The van der Waals surface area contributed by atoms with Gasteiger partial charge in [0.2, 0.25) is 0 Å². The van der Waals surface area contributed by atoms with E-state index in [1.54, 1.807) is 0 Å². The number of hydrogen-bond donors (Lipinski definition) is 1. The van der Waals surface area contributed by atoms with Crippen LogP contribution in [0.15, 0.2) is 0 Å². The first-order valence-corrected chi connectivity index (χ1v) is 10.2. The molecule has 1 aliphatic carbocycles. The summed E-state index contributed by atoms with van der Waals surface area (Å²) in [6, 6.07) is 0.191.